The van der Waals surface area contributed by atoms with Gasteiger partial charge < -0.3 is 15.4 Å². The van der Waals surface area contributed by atoms with Crippen LogP contribution in [0.5, 0.6) is 5.75 Å². The predicted octanol–water partition coefficient (Wildman–Crippen LogP) is 3.43. The SMILES string of the molecule is COc1ccccc1Nc1ccc(NC(=O)C(C)C)cn1. The second-order valence-corrected chi connectivity index (χ2v) is 4.90. The van der Waals surface area contributed by atoms with Crippen molar-refractivity contribution in [2.45, 2.75) is 13.8 Å². The Labute approximate surface area is 124 Å². The first-order chi connectivity index (χ1) is 10.1. The van der Waals surface area contributed by atoms with Crippen LogP contribution >= 0.6 is 0 Å². The second-order valence-electron chi connectivity index (χ2n) is 4.90. The third-order valence-electron chi connectivity index (χ3n) is 2.93. The van der Waals surface area contributed by atoms with Gasteiger partial charge >= 0.3 is 0 Å². The summed E-state index contributed by atoms with van der Waals surface area (Å²) in [6, 6.07) is 11.2. The fraction of sp³-hybridized carbons (Fsp3) is 0.250. The monoisotopic (exact) mass is 285 g/mol. The minimum absolute atomic E-state index is 0.0257. The number of pyridine rings is 1. The Morgan fingerprint density at radius 1 is 1.19 bits per heavy atom. The molecule has 2 aromatic rings. The number of hydrogen-bond donors (Lipinski definition) is 2. The van der Waals surface area contributed by atoms with E-state index in [1.54, 1.807) is 13.3 Å². The average molecular weight is 285 g/mol. The number of carbonyl (C=O) groups is 1. The lowest BCUT2D eigenvalue weighted by atomic mass is 10.2. The largest absolute Gasteiger partial charge is 0.495 e. The smallest absolute Gasteiger partial charge is 0.226 e. The van der Waals surface area contributed by atoms with E-state index in [9.17, 15) is 4.79 Å². The second kappa shape index (κ2) is 6.74. The van der Waals surface area contributed by atoms with Crippen molar-refractivity contribution in [3.8, 4) is 5.75 Å². The van der Waals surface area contributed by atoms with Crippen molar-refractivity contribution in [2.75, 3.05) is 17.7 Å². The predicted molar refractivity (Wildman–Crippen MR) is 84.0 cm³/mol. The summed E-state index contributed by atoms with van der Waals surface area (Å²) >= 11 is 0. The van der Waals surface area contributed by atoms with Crippen LogP contribution in [0.15, 0.2) is 42.6 Å². The van der Waals surface area contributed by atoms with Gasteiger partial charge in [-0.2, -0.15) is 0 Å². The first-order valence-corrected chi connectivity index (χ1v) is 6.77. The summed E-state index contributed by atoms with van der Waals surface area (Å²) in [7, 11) is 1.62. The van der Waals surface area contributed by atoms with Crippen molar-refractivity contribution >= 4 is 23.1 Å². The van der Waals surface area contributed by atoms with Gasteiger partial charge in [-0.1, -0.05) is 26.0 Å². The Morgan fingerprint density at radius 2 is 1.95 bits per heavy atom. The van der Waals surface area contributed by atoms with E-state index >= 15 is 0 Å². The molecule has 0 saturated heterocycles. The highest BCUT2D eigenvalue weighted by Gasteiger charge is 2.07. The number of nitrogens with one attached hydrogen (secondary N) is 2. The van der Waals surface area contributed by atoms with Gasteiger partial charge in [0.1, 0.15) is 11.6 Å². The molecule has 2 N–H and O–H groups in total. The highest BCUT2D eigenvalue weighted by molar-refractivity contribution is 5.91. The maximum Gasteiger partial charge on any atom is 0.226 e. The van der Waals surface area contributed by atoms with Gasteiger partial charge in [0.2, 0.25) is 5.91 Å². The topological polar surface area (TPSA) is 63.2 Å². The first kappa shape index (κ1) is 14.8. The van der Waals surface area contributed by atoms with E-state index in [0.29, 0.717) is 11.5 Å². The number of amides is 1. The van der Waals surface area contributed by atoms with Crippen LogP contribution in [-0.2, 0) is 4.79 Å². The zero-order valence-electron chi connectivity index (χ0n) is 12.4. The lowest BCUT2D eigenvalue weighted by Gasteiger charge is -2.11. The van der Waals surface area contributed by atoms with E-state index in [-0.39, 0.29) is 11.8 Å². The van der Waals surface area contributed by atoms with Gasteiger partial charge in [0.15, 0.2) is 0 Å². The van der Waals surface area contributed by atoms with Crippen LogP contribution in [0.2, 0.25) is 0 Å². The minimum atomic E-state index is -0.0589. The number of anilines is 3. The van der Waals surface area contributed by atoms with E-state index in [2.05, 4.69) is 15.6 Å². The molecule has 1 aromatic carbocycles. The van der Waals surface area contributed by atoms with Crippen molar-refractivity contribution in [1.29, 1.82) is 0 Å². The molecule has 0 unspecified atom stereocenters. The van der Waals surface area contributed by atoms with E-state index in [1.165, 1.54) is 0 Å². The van der Waals surface area contributed by atoms with Crippen LogP contribution in [0.3, 0.4) is 0 Å². The molecular weight excluding hydrogens is 266 g/mol. The fourth-order valence-electron chi connectivity index (χ4n) is 1.71. The summed E-state index contributed by atoms with van der Waals surface area (Å²) in [4.78, 5) is 15.9. The summed E-state index contributed by atoms with van der Waals surface area (Å²) in [5.41, 5.74) is 1.52. The van der Waals surface area contributed by atoms with E-state index in [1.807, 2.05) is 50.2 Å². The van der Waals surface area contributed by atoms with Gasteiger partial charge in [-0.15, -0.1) is 0 Å². The Kier molecular flexibility index (Phi) is 4.77. The van der Waals surface area contributed by atoms with Crippen LogP contribution in [0.1, 0.15) is 13.8 Å². The molecule has 5 nitrogen and oxygen atoms in total. The van der Waals surface area contributed by atoms with E-state index in [4.69, 9.17) is 4.74 Å². The minimum Gasteiger partial charge on any atom is -0.495 e. The number of aromatic nitrogens is 1. The molecule has 0 saturated carbocycles. The summed E-state index contributed by atoms with van der Waals surface area (Å²) in [6.45, 7) is 3.70. The van der Waals surface area contributed by atoms with Gasteiger partial charge in [-0.25, -0.2) is 4.98 Å². The van der Waals surface area contributed by atoms with Crippen molar-refractivity contribution in [1.82, 2.24) is 4.98 Å². The highest BCUT2D eigenvalue weighted by atomic mass is 16.5. The van der Waals surface area contributed by atoms with Crippen molar-refractivity contribution in [3.05, 3.63) is 42.6 Å². The number of hydrogen-bond acceptors (Lipinski definition) is 4. The van der Waals surface area contributed by atoms with Gasteiger partial charge in [0.25, 0.3) is 0 Å². The van der Waals surface area contributed by atoms with Crippen molar-refractivity contribution in [3.63, 3.8) is 0 Å². The van der Waals surface area contributed by atoms with Crippen LogP contribution in [0, 0.1) is 5.92 Å². The summed E-state index contributed by atoms with van der Waals surface area (Å²) in [5.74, 6) is 1.34. The average Bonchev–Trinajstić information content (AvgIpc) is 2.49. The lowest BCUT2D eigenvalue weighted by molar-refractivity contribution is -0.118. The molecule has 1 heterocycles. The molecule has 0 aliphatic rings. The molecule has 1 amide bonds. The van der Waals surface area contributed by atoms with Crippen LogP contribution in [0.4, 0.5) is 17.2 Å². The van der Waals surface area contributed by atoms with Crippen molar-refractivity contribution < 1.29 is 9.53 Å². The number of para-hydroxylation sites is 2. The van der Waals surface area contributed by atoms with Gasteiger partial charge in [0, 0.05) is 5.92 Å². The van der Waals surface area contributed by atoms with Gasteiger partial charge in [-0.3, -0.25) is 4.79 Å². The molecule has 0 radical (unpaired) electrons. The molecule has 0 bridgehead atoms. The van der Waals surface area contributed by atoms with Crippen molar-refractivity contribution in [2.24, 2.45) is 5.92 Å². The number of methoxy groups -OCH3 is 1. The lowest BCUT2D eigenvalue weighted by Crippen LogP contribution is -2.17. The van der Waals surface area contributed by atoms with E-state index in [0.717, 1.165) is 11.4 Å². The molecule has 0 spiro atoms. The number of ether oxygens (including phenoxy) is 1. The maximum atomic E-state index is 11.6. The number of nitrogens with zero attached hydrogens (tertiary/aromatic N) is 1. The van der Waals surface area contributed by atoms with Crippen LogP contribution < -0.4 is 15.4 Å². The highest BCUT2D eigenvalue weighted by Crippen LogP contribution is 2.26. The Morgan fingerprint density at radius 3 is 2.57 bits per heavy atom. The van der Waals surface area contributed by atoms with Crippen LogP contribution in [0.25, 0.3) is 0 Å². The Balaban J connectivity index is 2.07. The zero-order chi connectivity index (χ0) is 15.2. The first-order valence-electron chi connectivity index (χ1n) is 6.77. The molecular formula is C16H19N3O2. The standard InChI is InChI=1S/C16H19N3O2/c1-11(2)16(20)18-12-8-9-15(17-10-12)19-13-6-4-5-7-14(13)21-3/h4-11H,1-3H3,(H,17,19)(H,18,20). The molecule has 0 fully saturated rings. The Hall–Kier alpha value is -2.56. The number of benzene rings is 1. The third-order valence-corrected chi connectivity index (χ3v) is 2.93. The van der Waals surface area contributed by atoms with Crippen LogP contribution in [-0.4, -0.2) is 18.0 Å². The molecule has 1 aromatic heterocycles. The van der Waals surface area contributed by atoms with E-state index < -0.39 is 0 Å². The summed E-state index contributed by atoms with van der Waals surface area (Å²) in [5, 5.41) is 5.98. The van der Waals surface area contributed by atoms with Gasteiger partial charge in [-0.05, 0) is 24.3 Å². The van der Waals surface area contributed by atoms with Gasteiger partial charge in [0.05, 0.1) is 24.7 Å². The molecule has 5 heteroatoms. The molecule has 21 heavy (non-hydrogen) atoms. The Bertz CT molecular complexity index is 609. The quantitative estimate of drug-likeness (QED) is 0.883. The number of carbonyl (C=O) groups excluding carboxylic acids is 1. The zero-order valence-corrected chi connectivity index (χ0v) is 12.4. The molecule has 110 valence electrons. The maximum absolute atomic E-state index is 11.6. The molecule has 0 aliphatic carbocycles. The number of rotatable bonds is 5. The molecule has 2 rings (SSSR count). The molecule has 0 aliphatic heterocycles. The third kappa shape index (κ3) is 3.95. The normalized spacial score (nSPS) is 10.3. The molecule has 0 atom stereocenters. The fourth-order valence-corrected chi connectivity index (χ4v) is 1.71. The summed E-state index contributed by atoms with van der Waals surface area (Å²) < 4.78 is 5.27. The summed E-state index contributed by atoms with van der Waals surface area (Å²) in [6.07, 6.45) is 1.62.